The van der Waals surface area contributed by atoms with Gasteiger partial charge in [-0.25, -0.2) is 18.1 Å². The molecule has 1 N–H and O–H groups in total. The molecule has 2 aromatic rings. The summed E-state index contributed by atoms with van der Waals surface area (Å²) in [4.78, 5) is 4.26. The van der Waals surface area contributed by atoms with E-state index in [1.807, 2.05) is 35.7 Å². The van der Waals surface area contributed by atoms with Gasteiger partial charge in [-0.1, -0.05) is 44.2 Å². The van der Waals surface area contributed by atoms with Gasteiger partial charge in [0, 0.05) is 11.6 Å². The molecule has 1 aromatic heterocycles. The van der Waals surface area contributed by atoms with Crippen LogP contribution in [-0.2, 0) is 16.4 Å². The lowest BCUT2D eigenvalue weighted by Gasteiger charge is -2.18. The summed E-state index contributed by atoms with van der Waals surface area (Å²) in [5.41, 5.74) is 1.03. The summed E-state index contributed by atoms with van der Waals surface area (Å²) in [6, 6.07) is 9.43. The molecule has 4 nitrogen and oxygen atoms in total. The standard InChI is InChI=1S/C16H22N2O2S2/c1-13(2)12-15(16-17-9-10-21-16)18-22(19,20)11-8-14-6-4-3-5-7-14/h3-7,9-10,13,15,18H,8,11-12H2,1-2H3. The van der Waals surface area contributed by atoms with E-state index >= 15 is 0 Å². The summed E-state index contributed by atoms with van der Waals surface area (Å²) in [7, 11) is -3.33. The molecule has 22 heavy (non-hydrogen) atoms. The van der Waals surface area contributed by atoms with Gasteiger partial charge in [0.25, 0.3) is 0 Å². The summed E-state index contributed by atoms with van der Waals surface area (Å²) in [6.45, 7) is 4.16. The fraction of sp³-hybridized carbons (Fsp3) is 0.438. The van der Waals surface area contributed by atoms with Crippen LogP contribution in [0.5, 0.6) is 0 Å². The van der Waals surface area contributed by atoms with Crippen LogP contribution in [0.25, 0.3) is 0 Å². The van der Waals surface area contributed by atoms with Crippen molar-refractivity contribution in [1.82, 2.24) is 9.71 Å². The molecule has 1 heterocycles. The molecule has 0 amide bonds. The predicted octanol–water partition coefficient (Wildman–Crippen LogP) is 3.39. The van der Waals surface area contributed by atoms with E-state index in [0.717, 1.165) is 17.0 Å². The van der Waals surface area contributed by atoms with Crippen LogP contribution < -0.4 is 4.72 Å². The Morgan fingerprint density at radius 3 is 2.55 bits per heavy atom. The Kier molecular flexibility index (Phi) is 6.11. The second kappa shape index (κ2) is 7.85. The van der Waals surface area contributed by atoms with Crippen LogP contribution in [0.2, 0.25) is 0 Å². The number of sulfonamides is 1. The molecule has 0 aliphatic heterocycles. The number of aromatic nitrogens is 1. The van der Waals surface area contributed by atoms with Crippen molar-refractivity contribution in [2.45, 2.75) is 32.7 Å². The normalized spacial score (nSPS) is 13.4. The average Bonchev–Trinajstić information content (AvgIpc) is 2.99. The Morgan fingerprint density at radius 1 is 1.23 bits per heavy atom. The average molecular weight is 338 g/mol. The highest BCUT2D eigenvalue weighted by molar-refractivity contribution is 7.89. The maximum absolute atomic E-state index is 12.4. The minimum absolute atomic E-state index is 0.0942. The van der Waals surface area contributed by atoms with Gasteiger partial charge in [0.2, 0.25) is 10.0 Å². The molecule has 0 fully saturated rings. The smallest absolute Gasteiger partial charge is 0.212 e. The summed E-state index contributed by atoms with van der Waals surface area (Å²) in [5.74, 6) is 0.488. The van der Waals surface area contributed by atoms with E-state index in [9.17, 15) is 8.42 Å². The first-order valence-corrected chi connectivity index (χ1v) is 9.93. The third-order valence-electron chi connectivity index (χ3n) is 3.28. The Balaban J connectivity index is 2.01. The summed E-state index contributed by atoms with van der Waals surface area (Å²) in [5, 5.41) is 2.71. The molecule has 1 aromatic carbocycles. The van der Waals surface area contributed by atoms with Crippen LogP contribution in [0, 0.1) is 5.92 Å². The van der Waals surface area contributed by atoms with Crippen molar-refractivity contribution in [2.24, 2.45) is 5.92 Å². The monoisotopic (exact) mass is 338 g/mol. The number of rotatable bonds is 8. The lowest BCUT2D eigenvalue weighted by atomic mass is 10.1. The van der Waals surface area contributed by atoms with E-state index in [0.29, 0.717) is 12.3 Å². The van der Waals surface area contributed by atoms with Gasteiger partial charge in [-0.05, 0) is 24.3 Å². The Bertz CT molecular complexity index is 653. The van der Waals surface area contributed by atoms with E-state index in [1.54, 1.807) is 6.20 Å². The van der Waals surface area contributed by atoms with E-state index in [4.69, 9.17) is 0 Å². The van der Waals surface area contributed by atoms with Crippen molar-refractivity contribution < 1.29 is 8.42 Å². The number of hydrogen-bond acceptors (Lipinski definition) is 4. The highest BCUT2D eigenvalue weighted by Crippen LogP contribution is 2.24. The first-order chi connectivity index (χ1) is 10.5. The number of nitrogens with one attached hydrogen (secondary N) is 1. The second-order valence-electron chi connectivity index (χ2n) is 5.72. The van der Waals surface area contributed by atoms with E-state index < -0.39 is 10.0 Å². The van der Waals surface area contributed by atoms with Crippen molar-refractivity contribution in [2.75, 3.05) is 5.75 Å². The van der Waals surface area contributed by atoms with Gasteiger partial charge in [0.05, 0.1) is 11.8 Å². The highest BCUT2D eigenvalue weighted by Gasteiger charge is 2.22. The zero-order valence-electron chi connectivity index (χ0n) is 12.9. The molecular formula is C16H22N2O2S2. The Hall–Kier alpha value is -1.24. The molecule has 0 bridgehead atoms. The molecule has 0 spiro atoms. The predicted molar refractivity (Wildman–Crippen MR) is 91.4 cm³/mol. The molecule has 120 valence electrons. The molecule has 0 radical (unpaired) electrons. The number of aryl methyl sites for hydroxylation is 1. The Morgan fingerprint density at radius 2 is 1.95 bits per heavy atom. The van der Waals surface area contributed by atoms with Gasteiger partial charge in [-0.15, -0.1) is 11.3 Å². The van der Waals surface area contributed by atoms with Crippen molar-refractivity contribution >= 4 is 21.4 Å². The van der Waals surface area contributed by atoms with Crippen LogP contribution in [0.15, 0.2) is 41.9 Å². The molecule has 1 atom stereocenters. The quantitative estimate of drug-likeness (QED) is 0.802. The summed E-state index contributed by atoms with van der Waals surface area (Å²) in [6.07, 6.45) is 2.98. The van der Waals surface area contributed by atoms with Crippen LogP contribution in [0.1, 0.15) is 36.9 Å². The summed E-state index contributed by atoms with van der Waals surface area (Å²) >= 11 is 1.49. The number of hydrogen-bond donors (Lipinski definition) is 1. The van der Waals surface area contributed by atoms with Crippen molar-refractivity contribution in [3.63, 3.8) is 0 Å². The molecule has 6 heteroatoms. The minimum atomic E-state index is -3.33. The topological polar surface area (TPSA) is 59.1 Å². The number of benzene rings is 1. The first-order valence-electron chi connectivity index (χ1n) is 7.39. The van der Waals surface area contributed by atoms with Crippen LogP contribution in [0.4, 0.5) is 0 Å². The van der Waals surface area contributed by atoms with Crippen LogP contribution in [-0.4, -0.2) is 19.2 Å². The van der Waals surface area contributed by atoms with Crippen molar-refractivity contribution in [3.05, 3.63) is 52.5 Å². The molecule has 0 saturated heterocycles. The summed E-state index contributed by atoms with van der Waals surface area (Å²) < 4.78 is 27.5. The minimum Gasteiger partial charge on any atom is -0.248 e. The number of nitrogens with zero attached hydrogens (tertiary/aromatic N) is 1. The lowest BCUT2D eigenvalue weighted by Crippen LogP contribution is -2.32. The second-order valence-corrected chi connectivity index (χ2v) is 8.52. The lowest BCUT2D eigenvalue weighted by molar-refractivity contribution is 0.470. The van der Waals surface area contributed by atoms with Gasteiger partial charge in [-0.2, -0.15) is 0 Å². The van der Waals surface area contributed by atoms with Crippen molar-refractivity contribution in [1.29, 1.82) is 0 Å². The molecule has 0 saturated carbocycles. The van der Waals surface area contributed by atoms with Gasteiger partial charge >= 0.3 is 0 Å². The van der Waals surface area contributed by atoms with Gasteiger partial charge in [0.15, 0.2) is 0 Å². The van der Waals surface area contributed by atoms with Gasteiger partial charge in [-0.3, -0.25) is 0 Å². The largest absolute Gasteiger partial charge is 0.248 e. The van der Waals surface area contributed by atoms with Crippen molar-refractivity contribution in [3.8, 4) is 0 Å². The third kappa shape index (κ3) is 5.51. The Labute approximate surface area is 136 Å². The molecule has 0 aliphatic carbocycles. The highest BCUT2D eigenvalue weighted by atomic mass is 32.2. The van der Waals surface area contributed by atoms with E-state index in [-0.39, 0.29) is 11.8 Å². The molecule has 1 unspecified atom stereocenters. The fourth-order valence-corrected chi connectivity index (χ4v) is 4.29. The van der Waals surface area contributed by atoms with Gasteiger partial charge < -0.3 is 0 Å². The zero-order valence-corrected chi connectivity index (χ0v) is 14.5. The maximum atomic E-state index is 12.4. The first kappa shape index (κ1) is 17.1. The SMILES string of the molecule is CC(C)CC(NS(=O)(=O)CCc1ccccc1)c1nccs1. The van der Waals surface area contributed by atoms with E-state index in [1.165, 1.54) is 11.3 Å². The maximum Gasteiger partial charge on any atom is 0.212 e. The van der Waals surface area contributed by atoms with E-state index in [2.05, 4.69) is 23.6 Å². The number of thiazole rings is 1. The van der Waals surface area contributed by atoms with Gasteiger partial charge in [0.1, 0.15) is 5.01 Å². The van der Waals surface area contributed by atoms with Crippen LogP contribution in [0.3, 0.4) is 0 Å². The fourth-order valence-electron chi connectivity index (χ4n) is 2.25. The third-order valence-corrected chi connectivity index (χ3v) is 5.56. The molecule has 2 rings (SSSR count). The zero-order chi connectivity index (χ0) is 16.0. The molecular weight excluding hydrogens is 316 g/mol. The molecule has 0 aliphatic rings. The van der Waals surface area contributed by atoms with Crippen LogP contribution >= 0.6 is 11.3 Å².